The molecule has 0 unspecified atom stereocenters. The zero-order valence-corrected chi connectivity index (χ0v) is 16.8. The van der Waals surface area contributed by atoms with E-state index in [0.717, 1.165) is 0 Å². The van der Waals surface area contributed by atoms with Gasteiger partial charge in [0.15, 0.2) is 11.6 Å². The second kappa shape index (κ2) is 7.76. The largest absolute Gasteiger partial charge is 0.417 e. The summed E-state index contributed by atoms with van der Waals surface area (Å²) in [5.74, 6) is -1.68. The Balaban J connectivity index is 1.63. The number of carbonyl (C=O) groups excluding carboxylic acids is 3. The third-order valence-corrected chi connectivity index (χ3v) is 5.22. The molecule has 0 saturated heterocycles. The lowest BCUT2D eigenvalue weighted by Crippen LogP contribution is -2.28. The predicted octanol–water partition coefficient (Wildman–Crippen LogP) is 3.93. The van der Waals surface area contributed by atoms with Gasteiger partial charge in [-0.15, -0.1) is 0 Å². The maximum atomic E-state index is 12.9. The number of anilines is 1. The van der Waals surface area contributed by atoms with Gasteiger partial charge in [0.1, 0.15) is 6.54 Å². The molecule has 10 heteroatoms. The summed E-state index contributed by atoms with van der Waals surface area (Å²) in [6.07, 6.45) is -4.15. The quantitative estimate of drug-likeness (QED) is 0.502. The van der Waals surface area contributed by atoms with Crippen molar-refractivity contribution in [1.82, 2.24) is 4.57 Å². The van der Waals surface area contributed by atoms with Crippen LogP contribution in [0.5, 0.6) is 0 Å². The third-order valence-electron chi connectivity index (χ3n) is 4.91. The predicted molar refractivity (Wildman–Crippen MR) is 109 cm³/mol. The molecule has 162 valence electrons. The Morgan fingerprint density at radius 1 is 0.906 bits per heavy atom. The van der Waals surface area contributed by atoms with Crippen molar-refractivity contribution >= 4 is 34.8 Å². The van der Waals surface area contributed by atoms with Gasteiger partial charge in [0.2, 0.25) is 5.91 Å². The lowest BCUT2D eigenvalue weighted by molar-refractivity contribution is -0.138. The Morgan fingerprint density at radius 3 is 2.09 bits per heavy atom. The Hall–Kier alpha value is -3.72. The summed E-state index contributed by atoms with van der Waals surface area (Å²) in [5, 5.41) is 2.33. The summed E-state index contributed by atoms with van der Waals surface area (Å²) >= 11 is 6.17. The van der Waals surface area contributed by atoms with Crippen LogP contribution in [0.3, 0.4) is 0 Å². The fourth-order valence-electron chi connectivity index (χ4n) is 3.38. The first-order valence-electron chi connectivity index (χ1n) is 9.16. The number of nitrogens with one attached hydrogen (secondary N) is 1. The molecule has 0 bridgehead atoms. The van der Waals surface area contributed by atoms with E-state index in [9.17, 15) is 32.3 Å². The van der Waals surface area contributed by atoms with Gasteiger partial charge in [-0.05, 0) is 18.2 Å². The molecule has 1 aliphatic carbocycles. The van der Waals surface area contributed by atoms with Gasteiger partial charge < -0.3 is 9.88 Å². The van der Waals surface area contributed by atoms with Crippen LogP contribution in [0.4, 0.5) is 18.9 Å². The number of amides is 1. The van der Waals surface area contributed by atoms with Gasteiger partial charge in [-0.25, -0.2) is 0 Å². The molecule has 2 aromatic carbocycles. The van der Waals surface area contributed by atoms with Crippen LogP contribution in [0.15, 0.2) is 59.5 Å². The van der Waals surface area contributed by atoms with Gasteiger partial charge in [0.05, 0.1) is 16.3 Å². The molecule has 0 fully saturated rings. The van der Waals surface area contributed by atoms with Gasteiger partial charge >= 0.3 is 6.18 Å². The molecule has 0 aliphatic heterocycles. The van der Waals surface area contributed by atoms with Crippen molar-refractivity contribution in [2.24, 2.45) is 0 Å². The minimum atomic E-state index is -4.68. The maximum absolute atomic E-state index is 12.9. The zero-order chi connectivity index (χ0) is 23.2. The van der Waals surface area contributed by atoms with E-state index in [0.29, 0.717) is 22.9 Å². The van der Waals surface area contributed by atoms with Crippen LogP contribution in [-0.4, -0.2) is 22.0 Å². The van der Waals surface area contributed by atoms with Crippen molar-refractivity contribution < 1.29 is 27.6 Å². The molecule has 0 radical (unpaired) electrons. The van der Waals surface area contributed by atoms with Crippen LogP contribution in [-0.2, 0) is 17.5 Å². The van der Waals surface area contributed by atoms with Crippen molar-refractivity contribution in [3.05, 3.63) is 97.9 Å². The van der Waals surface area contributed by atoms with E-state index in [1.807, 2.05) is 0 Å². The number of ketones is 2. The van der Waals surface area contributed by atoms with E-state index in [2.05, 4.69) is 5.32 Å². The third kappa shape index (κ3) is 3.82. The number of pyridine rings is 1. The standard InChI is InChI=1S/C22H12ClF3N2O4/c23-16-7-14-15(21(32)13-4-2-1-3-12(13)20(14)31)8-17(16)27-18(29)10-28-9-11(22(24,25)26)5-6-19(28)30/h1-9H,10H2,(H,27,29). The number of rotatable bonds is 3. The average molecular weight is 461 g/mol. The Labute approximate surface area is 183 Å². The normalized spacial score (nSPS) is 12.9. The number of nitrogens with zero attached hydrogens (tertiary/aromatic N) is 1. The molecule has 1 amide bonds. The minimum absolute atomic E-state index is 0.0176. The molecule has 0 spiro atoms. The first-order valence-corrected chi connectivity index (χ1v) is 9.53. The smallest absolute Gasteiger partial charge is 0.323 e. The highest BCUT2D eigenvalue weighted by molar-refractivity contribution is 6.36. The maximum Gasteiger partial charge on any atom is 0.417 e. The molecule has 1 aromatic heterocycles. The molecule has 1 N–H and O–H groups in total. The number of benzene rings is 2. The fraction of sp³-hybridized carbons (Fsp3) is 0.0909. The van der Waals surface area contributed by atoms with Gasteiger partial charge in [-0.3, -0.25) is 19.2 Å². The van der Waals surface area contributed by atoms with E-state index in [-0.39, 0.29) is 33.0 Å². The van der Waals surface area contributed by atoms with Gasteiger partial charge in [-0.1, -0.05) is 35.9 Å². The Kier molecular flexibility index (Phi) is 5.21. The number of carbonyl (C=O) groups is 3. The van der Waals surface area contributed by atoms with Crippen molar-refractivity contribution in [2.75, 3.05) is 5.32 Å². The number of alkyl halides is 3. The molecule has 1 aliphatic rings. The molecule has 4 rings (SSSR count). The topological polar surface area (TPSA) is 85.2 Å². The van der Waals surface area contributed by atoms with E-state index < -0.39 is 41.3 Å². The highest BCUT2D eigenvalue weighted by atomic mass is 35.5. The van der Waals surface area contributed by atoms with Crippen LogP contribution < -0.4 is 10.9 Å². The summed E-state index contributed by atoms with van der Waals surface area (Å²) in [5.41, 5.74) is -1.35. The molecule has 1 heterocycles. The summed E-state index contributed by atoms with van der Waals surface area (Å²) < 4.78 is 39.2. The number of hydrogen-bond acceptors (Lipinski definition) is 4. The van der Waals surface area contributed by atoms with Crippen molar-refractivity contribution in [3.8, 4) is 0 Å². The van der Waals surface area contributed by atoms with E-state index >= 15 is 0 Å². The first-order chi connectivity index (χ1) is 15.1. The highest BCUT2D eigenvalue weighted by Crippen LogP contribution is 2.33. The van der Waals surface area contributed by atoms with Crippen LogP contribution in [0, 0.1) is 0 Å². The summed E-state index contributed by atoms with van der Waals surface area (Å²) in [6, 6.07) is 10.1. The molecule has 32 heavy (non-hydrogen) atoms. The monoisotopic (exact) mass is 460 g/mol. The van der Waals surface area contributed by atoms with Gasteiger partial charge in [0.25, 0.3) is 5.56 Å². The first kappa shape index (κ1) is 21.5. The van der Waals surface area contributed by atoms with Gasteiger partial charge in [0, 0.05) is 34.5 Å². The number of hydrogen-bond donors (Lipinski definition) is 1. The molecule has 0 saturated carbocycles. The molecular weight excluding hydrogens is 449 g/mol. The van der Waals surface area contributed by atoms with Gasteiger partial charge in [-0.2, -0.15) is 13.2 Å². The van der Waals surface area contributed by atoms with Crippen LogP contribution in [0.25, 0.3) is 0 Å². The SMILES string of the molecule is O=C(Cn1cc(C(F)(F)F)ccc1=O)Nc1cc2c(cc1Cl)C(=O)c1ccccc1C2=O. The summed E-state index contributed by atoms with van der Waals surface area (Å²) in [6.45, 7) is -0.716. The van der Waals surface area contributed by atoms with E-state index in [4.69, 9.17) is 11.6 Å². The second-order valence-corrected chi connectivity index (χ2v) is 7.42. The average Bonchev–Trinajstić information content (AvgIpc) is 2.74. The van der Waals surface area contributed by atoms with Crippen LogP contribution in [0.1, 0.15) is 37.4 Å². The van der Waals surface area contributed by atoms with Crippen LogP contribution >= 0.6 is 11.6 Å². The van der Waals surface area contributed by atoms with Crippen LogP contribution in [0.2, 0.25) is 5.02 Å². The zero-order valence-electron chi connectivity index (χ0n) is 16.0. The second-order valence-electron chi connectivity index (χ2n) is 7.01. The number of aromatic nitrogens is 1. The Bertz CT molecular complexity index is 1360. The molecule has 3 aromatic rings. The van der Waals surface area contributed by atoms with Crippen molar-refractivity contribution in [3.63, 3.8) is 0 Å². The molecular formula is C22H12ClF3N2O4. The van der Waals surface area contributed by atoms with Crippen molar-refractivity contribution in [2.45, 2.75) is 12.7 Å². The van der Waals surface area contributed by atoms with E-state index in [1.165, 1.54) is 24.3 Å². The molecule has 0 atom stereocenters. The number of halogens is 4. The Morgan fingerprint density at radius 2 is 1.50 bits per heavy atom. The summed E-state index contributed by atoms with van der Waals surface area (Å²) in [4.78, 5) is 49.8. The molecule has 6 nitrogen and oxygen atoms in total. The fourth-order valence-corrected chi connectivity index (χ4v) is 3.59. The van der Waals surface area contributed by atoms with E-state index in [1.54, 1.807) is 12.1 Å². The highest BCUT2D eigenvalue weighted by Gasteiger charge is 2.32. The summed E-state index contributed by atoms with van der Waals surface area (Å²) in [7, 11) is 0. The number of fused-ring (bicyclic) bond motifs is 2. The minimum Gasteiger partial charge on any atom is -0.323 e. The lowest BCUT2D eigenvalue weighted by atomic mass is 9.84. The van der Waals surface area contributed by atoms with Crippen molar-refractivity contribution in [1.29, 1.82) is 0 Å². The lowest BCUT2D eigenvalue weighted by Gasteiger charge is -2.19.